The van der Waals surface area contributed by atoms with Crippen molar-refractivity contribution in [2.45, 2.75) is 30.3 Å². The summed E-state index contributed by atoms with van der Waals surface area (Å²) in [6.45, 7) is 0.363. The Hall–Kier alpha value is -3.19. The third kappa shape index (κ3) is 3.93. The molecule has 0 saturated heterocycles. The molecule has 1 fully saturated rings. The van der Waals surface area contributed by atoms with Crippen LogP contribution in [-0.2, 0) is 0 Å². The van der Waals surface area contributed by atoms with Crippen molar-refractivity contribution in [2.75, 3.05) is 12.3 Å². The SMILES string of the molecule is O=C(NC1CC1)c1cc(SCCCN2C(=O)c3ccccc3C2=O)nc2ccccc12. The van der Waals surface area contributed by atoms with Gasteiger partial charge >= 0.3 is 0 Å². The lowest BCUT2D eigenvalue weighted by Crippen LogP contribution is -2.31. The summed E-state index contributed by atoms with van der Waals surface area (Å²) < 4.78 is 0. The molecule has 7 heteroatoms. The van der Waals surface area contributed by atoms with Gasteiger partial charge < -0.3 is 5.32 Å². The lowest BCUT2D eigenvalue weighted by molar-refractivity contribution is 0.0654. The second kappa shape index (κ2) is 8.15. The fraction of sp³-hybridized carbons (Fsp3) is 0.250. The van der Waals surface area contributed by atoms with Crippen LogP contribution in [0.4, 0.5) is 0 Å². The van der Waals surface area contributed by atoms with Gasteiger partial charge in [0, 0.05) is 23.7 Å². The van der Waals surface area contributed by atoms with Crippen LogP contribution in [0.25, 0.3) is 10.9 Å². The molecule has 156 valence electrons. The molecule has 3 aromatic rings. The largest absolute Gasteiger partial charge is 0.349 e. The highest BCUT2D eigenvalue weighted by Crippen LogP contribution is 2.27. The third-order valence-electron chi connectivity index (χ3n) is 5.50. The van der Waals surface area contributed by atoms with Crippen LogP contribution in [-0.4, -0.2) is 45.9 Å². The van der Waals surface area contributed by atoms with Gasteiger partial charge in [-0.1, -0.05) is 30.3 Å². The Balaban J connectivity index is 1.26. The summed E-state index contributed by atoms with van der Waals surface area (Å²) in [4.78, 5) is 43.7. The number of pyridine rings is 1. The molecule has 0 unspecified atom stereocenters. The number of aromatic nitrogens is 1. The zero-order chi connectivity index (χ0) is 21.4. The Kier molecular flexibility index (Phi) is 5.19. The lowest BCUT2D eigenvalue weighted by Gasteiger charge is -2.13. The van der Waals surface area contributed by atoms with Crippen LogP contribution in [0.5, 0.6) is 0 Å². The van der Waals surface area contributed by atoms with E-state index in [1.165, 1.54) is 16.7 Å². The van der Waals surface area contributed by atoms with Gasteiger partial charge in [0.1, 0.15) is 0 Å². The van der Waals surface area contributed by atoms with E-state index in [2.05, 4.69) is 10.3 Å². The quantitative estimate of drug-likeness (QED) is 0.349. The zero-order valence-electron chi connectivity index (χ0n) is 16.8. The fourth-order valence-electron chi connectivity index (χ4n) is 3.75. The van der Waals surface area contributed by atoms with E-state index in [0.29, 0.717) is 35.4 Å². The molecular formula is C24H21N3O3S. The first-order valence-corrected chi connectivity index (χ1v) is 11.4. The highest BCUT2D eigenvalue weighted by atomic mass is 32.2. The van der Waals surface area contributed by atoms with Crippen molar-refractivity contribution >= 4 is 40.4 Å². The fourth-order valence-corrected chi connectivity index (χ4v) is 4.59. The normalized spacial score (nSPS) is 15.4. The monoisotopic (exact) mass is 431 g/mol. The Morgan fingerprint density at radius 1 is 1.03 bits per heavy atom. The topological polar surface area (TPSA) is 79.4 Å². The summed E-state index contributed by atoms with van der Waals surface area (Å²) >= 11 is 1.53. The zero-order valence-corrected chi connectivity index (χ0v) is 17.7. The molecule has 2 aliphatic rings. The molecule has 3 amide bonds. The molecule has 5 rings (SSSR count). The van der Waals surface area contributed by atoms with Crippen molar-refractivity contribution in [2.24, 2.45) is 0 Å². The number of rotatable bonds is 7. The maximum Gasteiger partial charge on any atom is 0.261 e. The van der Waals surface area contributed by atoms with Gasteiger partial charge in [-0.15, -0.1) is 11.8 Å². The van der Waals surface area contributed by atoms with Gasteiger partial charge in [-0.2, -0.15) is 0 Å². The minimum Gasteiger partial charge on any atom is -0.349 e. The molecule has 0 bridgehead atoms. The van der Waals surface area contributed by atoms with E-state index in [0.717, 1.165) is 28.8 Å². The molecule has 2 aromatic carbocycles. The van der Waals surface area contributed by atoms with Crippen molar-refractivity contribution in [1.82, 2.24) is 15.2 Å². The highest BCUT2D eigenvalue weighted by Gasteiger charge is 2.34. The van der Waals surface area contributed by atoms with Gasteiger partial charge in [0.15, 0.2) is 0 Å². The van der Waals surface area contributed by atoms with Crippen LogP contribution in [0.3, 0.4) is 0 Å². The van der Waals surface area contributed by atoms with Crippen LogP contribution in [0.1, 0.15) is 50.3 Å². The van der Waals surface area contributed by atoms with Crippen molar-refractivity contribution < 1.29 is 14.4 Å². The van der Waals surface area contributed by atoms with E-state index in [1.54, 1.807) is 24.3 Å². The first kappa shape index (κ1) is 19.8. The van der Waals surface area contributed by atoms with E-state index in [9.17, 15) is 14.4 Å². The molecule has 1 aliphatic heterocycles. The molecule has 0 spiro atoms. The molecule has 1 saturated carbocycles. The van der Waals surface area contributed by atoms with Gasteiger partial charge in [0.25, 0.3) is 17.7 Å². The van der Waals surface area contributed by atoms with Gasteiger partial charge in [0.05, 0.1) is 27.2 Å². The maximum atomic E-state index is 12.7. The number of nitrogens with one attached hydrogen (secondary N) is 1. The first-order chi connectivity index (χ1) is 15.1. The number of hydrogen-bond donors (Lipinski definition) is 1. The van der Waals surface area contributed by atoms with Crippen molar-refractivity contribution in [3.05, 3.63) is 71.3 Å². The molecule has 0 radical (unpaired) electrons. The standard InChI is InChI=1S/C24H21N3O3S/c28-22(25-15-10-11-15)19-14-21(26-20-9-4-3-6-16(19)20)31-13-5-12-27-23(29)17-7-1-2-8-18(17)24(27)30/h1-4,6-9,14-15H,5,10-13H2,(H,25,28). The van der Waals surface area contributed by atoms with Crippen molar-refractivity contribution in [1.29, 1.82) is 0 Å². The van der Waals surface area contributed by atoms with Gasteiger partial charge in [-0.05, 0) is 43.5 Å². The summed E-state index contributed by atoms with van der Waals surface area (Å²) in [6.07, 6.45) is 2.72. The molecule has 1 aromatic heterocycles. The molecule has 0 atom stereocenters. The van der Waals surface area contributed by atoms with E-state index in [-0.39, 0.29) is 23.8 Å². The van der Waals surface area contributed by atoms with E-state index in [4.69, 9.17) is 0 Å². The van der Waals surface area contributed by atoms with Gasteiger partial charge in [-0.3, -0.25) is 19.3 Å². The summed E-state index contributed by atoms with van der Waals surface area (Å²) in [5.41, 5.74) is 2.37. The summed E-state index contributed by atoms with van der Waals surface area (Å²) in [5.74, 6) is 0.165. The average molecular weight is 432 g/mol. The molecule has 1 aliphatic carbocycles. The second-order valence-electron chi connectivity index (χ2n) is 7.78. The van der Waals surface area contributed by atoms with Crippen LogP contribution in [0.2, 0.25) is 0 Å². The highest BCUT2D eigenvalue weighted by molar-refractivity contribution is 7.99. The number of carbonyl (C=O) groups excluding carboxylic acids is 3. The first-order valence-electron chi connectivity index (χ1n) is 10.4. The third-order valence-corrected chi connectivity index (χ3v) is 6.50. The summed E-state index contributed by atoms with van der Waals surface area (Å²) in [5, 5.41) is 4.66. The van der Waals surface area contributed by atoms with Crippen LogP contribution < -0.4 is 5.32 Å². The summed E-state index contributed by atoms with van der Waals surface area (Å²) in [6, 6.07) is 16.7. The number of carbonyl (C=O) groups is 3. The number of fused-ring (bicyclic) bond motifs is 2. The maximum absolute atomic E-state index is 12.7. The lowest BCUT2D eigenvalue weighted by atomic mass is 10.1. The van der Waals surface area contributed by atoms with E-state index in [1.807, 2.05) is 30.3 Å². The smallest absolute Gasteiger partial charge is 0.261 e. The predicted octanol–water partition coefficient (Wildman–Crippen LogP) is 3.91. The van der Waals surface area contributed by atoms with Crippen LogP contribution in [0, 0.1) is 0 Å². The second-order valence-corrected chi connectivity index (χ2v) is 8.90. The molecule has 6 nitrogen and oxygen atoms in total. The number of thioether (sulfide) groups is 1. The Labute approximate surface area is 184 Å². The minimum atomic E-state index is -0.228. The predicted molar refractivity (Wildman–Crippen MR) is 119 cm³/mol. The Morgan fingerprint density at radius 2 is 1.71 bits per heavy atom. The number of nitrogens with zero attached hydrogens (tertiary/aromatic N) is 2. The molecular weight excluding hydrogens is 410 g/mol. The molecule has 1 N–H and O–H groups in total. The average Bonchev–Trinajstić information content (AvgIpc) is 3.57. The number of para-hydroxylation sites is 1. The number of amides is 3. The molecule has 31 heavy (non-hydrogen) atoms. The van der Waals surface area contributed by atoms with Crippen molar-refractivity contribution in [3.8, 4) is 0 Å². The minimum absolute atomic E-state index is 0.0611. The number of benzene rings is 2. The van der Waals surface area contributed by atoms with Gasteiger partial charge in [-0.25, -0.2) is 4.98 Å². The number of hydrogen-bond acceptors (Lipinski definition) is 5. The Bertz CT molecular complexity index is 1170. The molecule has 2 heterocycles. The van der Waals surface area contributed by atoms with Crippen LogP contribution >= 0.6 is 11.8 Å². The van der Waals surface area contributed by atoms with E-state index < -0.39 is 0 Å². The Morgan fingerprint density at radius 3 is 2.42 bits per heavy atom. The van der Waals surface area contributed by atoms with Crippen molar-refractivity contribution in [3.63, 3.8) is 0 Å². The van der Waals surface area contributed by atoms with E-state index >= 15 is 0 Å². The van der Waals surface area contributed by atoms with Gasteiger partial charge in [0.2, 0.25) is 0 Å². The number of imide groups is 1. The van der Waals surface area contributed by atoms with Crippen LogP contribution in [0.15, 0.2) is 59.6 Å². The summed E-state index contributed by atoms with van der Waals surface area (Å²) in [7, 11) is 0.